The monoisotopic (exact) mass is 412 g/mol. The van der Waals surface area contributed by atoms with Crippen LogP contribution in [0.25, 0.3) is 0 Å². The van der Waals surface area contributed by atoms with Crippen LogP contribution in [0.5, 0.6) is 0 Å². The van der Waals surface area contributed by atoms with Gasteiger partial charge in [0, 0.05) is 16.8 Å². The van der Waals surface area contributed by atoms with E-state index in [1.54, 1.807) is 0 Å². The Kier molecular flexibility index (Phi) is 5.02. The SMILES string of the molecule is CC(C)[C@H]1CCC(=O)[C@H]2[C@@H]1[C@H](c1ccccc1)O[C@@H]2c1ccc(Br)cc1. The van der Waals surface area contributed by atoms with Crippen LogP contribution in [-0.2, 0) is 9.53 Å². The van der Waals surface area contributed by atoms with Crippen molar-refractivity contribution in [3.8, 4) is 0 Å². The van der Waals surface area contributed by atoms with Crippen LogP contribution >= 0.6 is 15.9 Å². The van der Waals surface area contributed by atoms with E-state index >= 15 is 0 Å². The molecule has 26 heavy (non-hydrogen) atoms. The van der Waals surface area contributed by atoms with Gasteiger partial charge in [0.25, 0.3) is 0 Å². The van der Waals surface area contributed by atoms with Crippen LogP contribution < -0.4 is 0 Å². The predicted molar refractivity (Wildman–Crippen MR) is 107 cm³/mol. The van der Waals surface area contributed by atoms with Gasteiger partial charge < -0.3 is 4.74 Å². The Morgan fingerprint density at radius 3 is 2.27 bits per heavy atom. The van der Waals surface area contributed by atoms with Gasteiger partial charge in [-0.05, 0) is 41.5 Å². The Labute approximate surface area is 164 Å². The Morgan fingerprint density at radius 2 is 1.62 bits per heavy atom. The number of hydrogen-bond acceptors (Lipinski definition) is 2. The maximum atomic E-state index is 13.0. The fourth-order valence-corrected chi connectivity index (χ4v) is 5.19. The van der Waals surface area contributed by atoms with Crippen molar-refractivity contribution < 1.29 is 9.53 Å². The van der Waals surface area contributed by atoms with Crippen LogP contribution in [0, 0.1) is 23.7 Å². The second-order valence-electron chi connectivity index (χ2n) is 7.96. The Balaban J connectivity index is 1.77. The van der Waals surface area contributed by atoms with E-state index in [9.17, 15) is 4.79 Å². The highest BCUT2D eigenvalue weighted by Gasteiger charge is 2.54. The molecule has 4 rings (SSSR count). The maximum Gasteiger partial charge on any atom is 0.139 e. The lowest BCUT2D eigenvalue weighted by atomic mass is 9.64. The normalized spacial score (nSPS) is 31.2. The van der Waals surface area contributed by atoms with E-state index in [0.717, 1.165) is 16.5 Å². The van der Waals surface area contributed by atoms with Crippen molar-refractivity contribution in [3.05, 3.63) is 70.2 Å². The van der Waals surface area contributed by atoms with E-state index in [-0.39, 0.29) is 24.0 Å². The lowest BCUT2D eigenvalue weighted by Gasteiger charge is -2.38. The van der Waals surface area contributed by atoms with E-state index in [2.05, 4.69) is 66.2 Å². The summed E-state index contributed by atoms with van der Waals surface area (Å²) < 4.78 is 7.68. The highest BCUT2D eigenvalue weighted by molar-refractivity contribution is 9.10. The molecule has 1 aliphatic carbocycles. The van der Waals surface area contributed by atoms with Crippen molar-refractivity contribution in [3.63, 3.8) is 0 Å². The van der Waals surface area contributed by atoms with Gasteiger partial charge >= 0.3 is 0 Å². The average molecular weight is 413 g/mol. The van der Waals surface area contributed by atoms with Crippen LogP contribution in [0.15, 0.2) is 59.1 Å². The Morgan fingerprint density at radius 1 is 0.962 bits per heavy atom. The molecule has 0 spiro atoms. The Bertz CT molecular complexity index is 769. The molecular formula is C23H25BrO2. The first-order valence-corrected chi connectivity index (χ1v) is 10.3. The van der Waals surface area contributed by atoms with Gasteiger partial charge in [-0.1, -0.05) is 72.2 Å². The minimum absolute atomic E-state index is 0.00787. The van der Waals surface area contributed by atoms with Crippen molar-refractivity contribution in [1.82, 2.24) is 0 Å². The van der Waals surface area contributed by atoms with Crippen molar-refractivity contribution in [2.75, 3.05) is 0 Å². The lowest BCUT2D eigenvalue weighted by Crippen LogP contribution is -2.38. The first-order valence-electron chi connectivity index (χ1n) is 9.55. The molecule has 2 fully saturated rings. The number of rotatable bonds is 3. The smallest absolute Gasteiger partial charge is 0.139 e. The number of carbonyl (C=O) groups excluding carboxylic acids is 1. The van der Waals surface area contributed by atoms with E-state index in [1.165, 1.54) is 5.56 Å². The largest absolute Gasteiger partial charge is 0.365 e. The first kappa shape index (κ1) is 17.9. The topological polar surface area (TPSA) is 26.3 Å². The fraction of sp³-hybridized carbons (Fsp3) is 0.435. The third-order valence-corrected chi connectivity index (χ3v) is 6.69. The molecular weight excluding hydrogens is 388 g/mol. The van der Waals surface area contributed by atoms with Gasteiger partial charge in [-0.25, -0.2) is 0 Å². The van der Waals surface area contributed by atoms with Crippen molar-refractivity contribution in [2.45, 2.75) is 38.9 Å². The summed E-state index contributed by atoms with van der Waals surface area (Å²) in [6.07, 6.45) is 1.51. The van der Waals surface area contributed by atoms with Crippen molar-refractivity contribution in [1.29, 1.82) is 0 Å². The summed E-state index contributed by atoms with van der Waals surface area (Å²) in [5.41, 5.74) is 2.31. The molecule has 0 bridgehead atoms. The van der Waals surface area contributed by atoms with Gasteiger partial charge in [0.2, 0.25) is 0 Å². The fourth-order valence-electron chi connectivity index (χ4n) is 4.93. The number of fused-ring (bicyclic) bond motifs is 1. The lowest BCUT2D eigenvalue weighted by molar-refractivity contribution is -0.129. The molecule has 2 aliphatic rings. The molecule has 0 amide bonds. The number of ether oxygens (including phenoxy) is 1. The van der Waals surface area contributed by atoms with Gasteiger partial charge in [0.15, 0.2) is 0 Å². The van der Waals surface area contributed by atoms with Gasteiger partial charge in [-0.2, -0.15) is 0 Å². The standard InChI is InChI=1S/C23H25BrO2/c1-14(2)18-12-13-19(25)21-20(18)22(15-6-4-3-5-7-15)26-23(21)16-8-10-17(24)11-9-16/h3-11,14,18,20-23H,12-13H2,1-2H3/t18-,20-,21+,22+,23-/m1/s1. The minimum atomic E-state index is -0.146. The molecule has 1 aliphatic heterocycles. The number of benzene rings is 2. The third kappa shape index (κ3) is 3.16. The predicted octanol–water partition coefficient (Wildman–Crippen LogP) is 6.13. The molecule has 2 nitrogen and oxygen atoms in total. The zero-order chi connectivity index (χ0) is 18.3. The average Bonchev–Trinajstić information content (AvgIpc) is 3.04. The molecule has 3 heteroatoms. The summed E-state index contributed by atoms with van der Waals surface area (Å²) in [6.45, 7) is 4.57. The highest BCUT2D eigenvalue weighted by atomic mass is 79.9. The van der Waals surface area contributed by atoms with Crippen molar-refractivity contribution in [2.24, 2.45) is 23.7 Å². The number of ketones is 1. The van der Waals surface area contributed by atoms with E-state index in [4.69, 9.17) is 4.74 Å². The second kappa shape index (κ2) is 7.28. The molecule has 0 unspecified atom stereocenters. The number of halogens is 1. The number of Topliss-reactive ketones (excluding diaryl/α,β-unsaturated/α-hetero) is 1. The minimum Gasteiger partial charge on any atom is -0.365 e. The molecule has 2 aromatic rings. The quantitative estimate of drug-likeness (QED) is 0.605. The van der Waals surface area contributed by atoms with Crippen LogP contribution in [0.4, 0.5) is 0 Å². The second-order valence-corrected chi connectivity index (χ2v) is 8.87. The summed E-state index contributed by atoms with van der Waals surface area (Å²) in [5.74, 6) is 1.66. The van der Waals surface area contributed by atoms with Crippen LogP contribution in [-0.4, -0.2) is 5.78 Å². The maximum absolute atomic E-state index is 13.0. The molecule has 0 aromatic heterocycles. The molecule has 1 saturated carbocycles. The van der Waals surface area contributed by atoms with Gasteiger partial charge in [0.05, 0.1) is 18.1 Å². The van der Waals surface area contributed by atoms with Crippen molar-refractivity contribution >= 4 is 21.7 Å². The zero-order valence-electron chi connectivity index (χ0n) is 15.3. The van der Waals surface area contributed by atoms with Gasteiger partial charge in [0.1, 0.15) is 5.78 Å². The van der Waals surface area contributed by atoms with Gasteiger partial charge in [-0.3, -0.25) is 4.79 Å². The number of carbonyl (C=O) groups is 1. The molecule has 1 heterocycles. The zero-order valence-corrected chi connectivity index (χ0v) is 16.9. The summed E-state index contributed by atoms with van der Waals surface area (Å²) in [7, 11) is 0. The highest BCUT2D eigenvalue weighted by Crippen LogP contribution is 2.57. The molecule has 0 N–H and O–H groups in total. The van der Waals surface area contributed by atoms with Crippen LogP contribution in [0.2, 0.25) is 0 Å². The number of hydrogen-bond donors (Lipinski definition) is 0. The third-order valence-electron chi connectivity index (χ3n) is 6.16. The Hall–Kier alpha value is -1.45. The first-order chi connectivity index (χ1) is 12.6. The van der Waals surface area contributed by atoms with E-state index in [1.807, 2.05) is 18.2 Å². The van der Waals surface area contributed by atoms with Crippen LogP contribution in [0.1, 0.15) is 50.0 Å². The summed E-state index contributed by atoms with van der Waals surface area (Å²) in [4.78, 5) is 13.0. The molecule has 1 saturated heterocycles. The molecule has 5 atom stereocenters. The summed E-state index contributed by atoms with van der Waals surface area (Å²) in [5, 5.41) is 0. The molecule has 136 valence electrons. The summed E-state index contributed by atoms with van der Waals surface area (Å²) in [6, 6.07) is 18.7. The molecule has 2 aromatic carbocycles. The summed E-state index contributed by atoms with van der Waals surface area (Å²) >= 11 is 3.50. The van der Waals surface area contributed by atoms with E-state index < -0.39 is 0 Å². The van der Waals surface area contributed by atoms with Gasteiger partial charge in [-0.15, -0.1) is 0 Å². The van der Waals surface area contributed by atoms with E-state index in [0.29, 0.717) is 24.0 Å². The van der Waals surface area contributed by atoms with Crippen LogP contribution in [0.3, 0.4) is 0 Å². The molecule has 0 radical (unpaired) electrons.